The van der Waals surface area contributed by atoms with Crippen molar-refractivity contribution < 1.29 is 14.6 Å². The maximum atomic E-state index is 9.84. The molecule has 43 valence electrons. The lowest BCUT2D eigenvalue weighted by Gasteiger charge is -2.06. The Kier molecular flexibility index (Phi) is 3.98. The van der Waals surface area contributed by atoms with Crippen LogP contribution < -0.4 is 0 Å². The first-order chi connectivity index (χ1) is 3.35. The van der Waals surface area contributed by atoms with Crippen LogP contribution in [0, 0.1) is 0 Å². The Labute approximate surface area is 42.9 Å². The van der Waals surface area contributed by atoms with E-state index in [1.54, 1.807) is 0 Å². The number of ether oxygens (including phenoxy) is 2. The quantitative estimate of drug-likeness (QED) is 0.475. The van der Waals surface area contributed by atoms with Gasteiger partial charge in [0.15, 0.2) is 6.29 Å². The summed E-state index contributed by atoms with van der Waals surface area (Å²) in [5, 5.41) is 9.84. The van der Waals surface area contributed by atoms with Crippen LogP contribution in [0.3, 0.4) is 0 Å². The summed E-state index contributed by atoms with van der Waals surface area (Å²) in [5.41, 5.74) is 0. The number of hydrogen-bond acceptors (Lipinski definition) is 2. The van der Waals surface area contributed by atoms with Crippen LogP contribution in [-0.4, -0.2) is 27.1 Å². The van der Waals surface area contributed by atoms with Crippen molar-refractivity contribution in [2.75, 3.05) is 20.8 Å². The van der Waals surface area contributed by atoms with Gasteiger partial charge >= 0.3 is 0 Å². The van der Waals surface area contributed by atoms with Gasteiger partial charge in [-0.25, -0.2) is 5.11 Å². The summed E-state index contributed by atoms with van der Waals surface area (Å²) < 4.78 is 9.03. The highest BCUT2D eigenvalue weighted by molar-refractivity contribution is 4.30. The molecule has 3 heteroatoms. The van der Waals surface area contributed by atoms with E-state index in [2.05, 4.69) is 9.47 Å². The number of rotatable bonds is 3. The Morgan fingerprint density at radius 2 is 1.86 bits per heavy atom. The molecule has 0 aromatic heterocycles. The summed E-state index contributed by atoms with van der Waals surface area (Å²) in [6.45, 7) is -0.340. The molecule has 0 aromatic carbocycles. The summed E-state index contributed by atoms with van der Waals surface area (Å²) in [6.07, 6.45) is -0.569. The fourth-order valence-electron chi connectivity index (χ4n) is 0.232. The molecule has 0 aliphatic carbocycles. The van der Waals surface area contributed by atoms with E-state index < -0.39 is 6.29 Å². The highest BCUT2D eigenvalue weighted by atomic mass is 16.7. The smallest absolute Gasteiger partial charge is 0.183 e. The molecule has 0 N–H and O–H groups in total. The molecule has 0 aliphatic rings. The Hall–Kier alpha value is -0.120. The van der Waals surface area contributed by atoms with Crippen LogP contribution in [-0.2, 0) is 14.6 Å². The zero-order valence-electron chi connectivity index (χ0n) is 4.51. The average molecular weight is 105 g/mol. The lowest BCUT2D eigenvalue weighted by molar-refractivity contribution is -0.139. The van der Waals surface area contributed by atoms with E-state index in [4.69, 9.17) is 0 Å². The van der Waals surface area contributed by atoms with E-state index in [1.807, 2.05) is 0 Å². The van der Waals surface area contributed by atoms with Crippen LogP contribution in [0.1, 0.15) is 0 Å². The lowest BCUT2D eigenvalue weighted by atomic mass is 10.7. The largest absolute Gasteiger partial charge is 0.353 e. The van der Waals surface area contributed by atoms with E-state index >= 15 is 0 Å². The molecule has 0 bridgehead atoms. The van der Waals surface area contributed by atoms with Gasteiger partial charge in [-0.2, -0.15) is 0 Å². The van der Waals surface area contributed by atoms with Gasteiger partial charge in [0.2, 0.25) is 0 Å². The summed E-state index contributed by atoms with van der Waals surface area (Å²) in [7, 11) is 2.87. The summed E-state index contributed by atoms with van der Waals surface area (Å²) in [4.78, 5) is 0. The van der Waals surface area contributed by atoms with Gasteiger partial charge in [-0.05, 0) is 0 Å². The van der Waals surface area contributed by atoms with Crippen molar-refractivity contribution in [2.45, 2.75) is 6.29 Å². The first kappa shape index (κ1) is 6.88. The molecular weight excluding hydrogens is 96.0 g/mol. The van der Waals surface area contributed by atoms with E-state index in [1.165, 1.54) is 14.2 Å². The Bertz CT molecular complexity index is 28.4. The van der Waals surface area contributed by atoms with E-state index in [9.17, 15) is 5.11 Å². The Balaban J connectivity index is 2.99. The van der Waals surface area contributed by atoms with Gasteiger partial charge in [-0.15, -0.1) is 0 Å². The van der Waals surface area contributed by atoms with Gasteiger partial charge in [0, 0.05) is 14.2 Å². The molecule has 0 amide bonds. The molecule has 0 fully saturated rings. The monoisotopic (exact) mass is 105 g/mol. The molecule has 0 saturated carbocycles. The van der Waals surface area contributed by atoms with Gasteiger partial charge in [0.1, 0.15) is 6.61 Å². The third kappa shape index (κ3) is 2.56. The summed E-state index contributed by atoms with van der Waals surface area (Å²) in [5.74, 6) is 0. The van der Waals surface area contributed by atoms with Gasteiger partial charge in [0.05, 0.1) is 0 Å². The highest BCUT2D eigenvalue weighted by Crippen LogP contribution is 1.85. The zero-order chi connectivity index (χ0) is 5.70. The van der Waals surface area contributed by atoms with E-state index in [0.29, 0.717) is 0 Å². The predicted octanol–water partition coefficient (Wildman–Crippen LogP) is 0.0358. The minimum Gasteiger partial charge on any atom is -0.353 e. The molecular formula is C4H9O3. The van der Waals surface area contributed by atoms with Crippen molar-refractivity contribution in [3.63, 3.8) is 0 Å². The van der Waals surface area contributed by atoms with E-state index in [0.717, 1.165) is 0 Å². The standard InChI is InChI=1S/C4H9O3/c1-6-4(3-5)7-2/h4H,3H2,1-2H3. The molecule has 0 saturated heterocycles. The Morgan fingerprint density at radius 3 is 1.86 bits per heavy atom. The first-order valence-corrected chi connectivity index (χ1v) is 1.98. The minimum absolute atomic E-state index is 0.340. The van der Waals surface area contributed by atoms with Crippen molar-refractivity contribution in [1.29, 1.82) is 0 Å². The highest BCUT2D eigenvalue weighted by Gasteiger charge is 1.99. The second-order valence-corrected chi connectivity index (χ2v) is 1.07. The molecule has 0 rings (SSSR count). The van der Waals surface area contributed by atoms with Crippen molar-refractivity contribution in [3.8, 4) is 0 Å². The predicted molar refractivity (Wildman–Crippen MR) is 23.4 cm³/mol. The van der Waals surface area contributed by atoms with Crippen LogP contribution in [0.15, 0.2) is 0 Å². The molecule has 0 aromatic rings. The summed E-state index contributed by atoms with van der Waals surface area (Å²) >= 11 is 0. The SMILES string of the molecule is COC(C[O])OC. The van der Waals surface area contributed by atoms with Crippen LogP contribution in [0.4, 0.5) is 0 Å². The molecule has 3 nitrogen and oxygen atoms in total. The van der Waals surface area contributed by atoms with E-state index in [-0.39, 0.29) is 6.61 Å². The molecule has 0 unspecified atom stereocenters. The second kappa shape index (κ2) is 4.05. The lowest BCUT2D eigenvalue weighted by Crippen LogP contribution is -2.16. The molecule has 1 radical (unpaired) electrons. The topological polar surface area (TPSA) is 38.4 Å². The van der Waals surface area contributed by atoms with Gasteiger partial charge in [-0.1, -0.05) is 0 Å². The fraction of sp³-hybridized carbons (Fsp3) is 1.00. The zero-order valence-corrected chi connectivity index (χ0v) is 4.51. The number of hydrogen-bond donors (Lipinski definition) is 0. The molecule has 0 aliphatic heterocycles. The van der Waals surface area contributed by atoms with Gasteiger partial charge < -0.3 is 9.47 Å². The average Bonchev–Trinajstić information content (AvgIpc) is 1.72. The van der Waals surface area contributed by atoms with Gasteiger partial charge in [0.25, 0.3) is 0 Å². The minimum atomic E-state index is -0.569. The van der Waals surface area contributed by atoms with Crippen molar-refractivity contribution in [2.24, 2.45) is 0 Å². The van der Waals surface area contributed by atoms with Crippen LogP contribution >= 0.6 is 0 Å². The fourth-order valence-corrected chi connectivity index (χ4v) is 0.232. The molecule has 7 heavy (non-hydrogen) atoms. The maximum Gasteiger partial charge on any atom is 0.183 e. The normalized spacial score (nSPS) is 10.3. The Morgan fingerprint density at radius 1 is 1.43 bits per heavy atom. The first-order valence-electron chi connectivity index (χ1n) is 1.98. The van der Waals surface area contributed by atoms with Crippen molar-refractivity contribution >= 4 is 0 Å². The van der Waals surface area contributed by atoms with Crippen LogP contribution in [0.25, 0.3) is 0 Å². The molecule has 0 atom stereocenters. The number of methoxy groups -OCH3 is 2. The van der Waals surface area contributed by atoms with Gasteiger partial charge in [-0.3, -0.25) is 0 Å². The third-order valence-corrected chi connectivity index (χ3v) is 0.662. The van der Waals surface area contributed by atoms with Crippen molar-refractivity contribution in [3.05, 3.63) is 0 Å². The second-order valence-electron chi connectivity index (χ2n) is 1.07. The van der Waals surface area contributed by atoms with Crippen molar-refractivity contribution in [1.82, 2.24) is 0 Å². The van der Waals surface area contributed by atoms with Crippen LogP contribution in [0.2, 0.25) is 0 Å². The molecule has 0 spiro atoms. The summed E-state index contributed by atoms with van der Waals surface area (Å²) in [6, 6.07) is 0. The van der Waals surface area contributed by atoms with Crippen LogP contribution in [0.5, 0.6) is 0 Å². The maximum absolute atomic E-state index is 9.84. The molecule has 0 heterocycles. The third-order valence-electron chi connectivity index (χ3n) is 0.662.